The molecule has 0 fully saturated rings. The molecule has 196 valence electrons. The van der Waals surface area contributed by atoms with Gasteiger partial charge in [0, 0.05) is 19.5 Å². The van der Waals surface area contributed by atoms with Crippen molar-refractivity contribution in [1.82, 2.24) is 15.2 Å². The second-order valence-electron chi connectivity index (χ2n) is 10.6. The van der Waals surface area contributed by atoms with E-state index in [1.54, 1.807) is 0 Å². The second-order valence-corrected chi connectivity index (χ2v) is 10.6. The first-order chi connectivity index (χ1) is 17.7. The van der Waals surface area contributed by atoms with Crippen molar-refractivity contribution in [2.45, 2.75) is 60.1 Å². The fourth-order valence-electron chi connectivity index (χ4n) is 4.54. The number of oxazole rings is 1. The lowest BCUT2D eigenvalue weighted by Crippen LogP contribution is -2.41. The molecule has 1 atom stereocenters. The normalized spacial score (nSPS) is 15.1. The van der Waals surface area contributed by atoms with Crippen molar-refractivity contribution in [3.05, 3.63) is 82.6 Å². The van der Waals surface area contributed by atoms with Crippen LogP contribution in [0.4, 0.5) is 0 Å². The molecule has 2 heterocycles. The summed E-state index contributed by atoms with van der Waals surface area (Å²) in [6, 6.07) is 14.3. The Morgan fingerprint density at radius 3 is 2.57 bits per heavy atom. The average molecular weight is 504 g/mol. The molecule has 1 N–H and O–H groups in total. The molecule has 7 heteroatoms. The Balaban J connectivity index is 1.54. The highest BCUT2D eigenvalue weighted by Gasteiger charge is 2.32. The number of carbonyl (C=O) groups is 2. The third-order valence-corrected chi connectivity index (χ3v) is 6.46. The van der Waals surface area contributed by atoms with E-state index >= 15 is 0 Å². The standard InChI is InChI=1S/C30H37N3O4/c1-19(2)14-28(34)33-13-12-22-10-11-24(15-25(22)29(33)23-8-6-21(5)7-9-23)36-18-27-32-26(17-37-27)30(35)31-16-20(3)4/h6-11,15,17,19-20,29H,12-14,16,18H2,1-5H3,(H,31,35)/t29-/m1/s1. The van der Waals surface area contributed by atoms with Crippen molar-refractivity contribution in [3.8, 4) is 5.75 Å². The number of aryl methyl sites for hydroxylation is 1. The SMILES string of the molecule is Cc1ccc([C@@H]2c3cc(OCc4nc(C(=O)NCC(C)C)co4)ccc3CCN2C(=O)CC(C)C)cc1. The Kier molecular flexibility index (Phi) is 8.31. The highest BCUT2D eigenvalue weighted by Crippen LogP contribution is 2.38. The van der Waals surface area contributed by atoms with Crippen molar-refractivity contribution < 1.29 is 18.7 Å². The average Bonchev–Trinajstić information content (AvgIpc) is 3.34. The topological polar surface area (TPSA) is 84.7 Å². The Bertz CT molecular complexity index is 1230. The molecule has 4 rings (SSSR count). The molecular formula is C30H37N3O4. The van der Waals surface area contributed by atoms with Gasteiger partial charge in [-0.3, -0.25) is 9.59 Å². The molecule has 0 spiro atoms. The molecule has 2 aromatic carbocycles. The quantitative estimate of drug-likeness (QED) is 0.419. The first-order valence-corrected chi connectivity index (χ1v) is 13.1. The maximum atomic E-state index is 13.2. The lowest BCUT2D eigenvalue weighted by atomic mass is 9.87. The minimum absolute atomic E-state index is 0.0987. The van der Waals surface area contributed by atoms with Gasteiger partial charge >= 0.3 is 0 Å². The van der Waals surface area contributed by atoms with Crippen LogP contribution < -0.4 is 10.1 Å². The molecule has 3 aromatic rings. The zero-order valence-corrected chi connectivity index (χ0v) is 22.4. The minimum atomic E-state index is -0.260. The lowest BCUT2D eigenvalue weighted by Gasteiger charge is -2.38. The summed E-state index contributed by atoms with van der Waals surface area (Å²) in [5.41, 5.74) is 4.80. The predicted octanol–water partition coefficient (Wildman–Crippen LogP) is 5.47. The van der Waals surface area contributed by atoms with Gasteiger partial charge in [-0.25, -0.2) is 4.98 Å². The monoisotopic (exact) mass is 503 g/mol. The minimum Gasteiger partial charge on any atom is -0.484 e. The van der Waals surface area contributed by atoms with Crippen LogP contribution in [0.5, 0.6) is 5.75 Å². The van der Waals surface area contributed by atoms with Crippen LogP contribution in [-0.2, 0) is 17.8 Å². The highest BCUT2D eigenvalue weighted by molar-refractivity contribution is 5.91. The molecule has 1 aromatic heterocycles. The van der Waals surface area contributed by atoms with Crippen LogP contribution in [0.2, 0.25) is 0 Å². The fourth-order valence-corrected chi connectivity index (χ4v) is 4.54. The number of hydrogen-bond acceptors (Lipinski definition) is 5. The number of aromatic nitrogens is 1. The summed E-state index contributed by atoms with van der Waals surface area (Å²) in [6.07, 6.45) is 2.67. The Hall–Kier alpha value is -3.61. The van der Waals surface area contributed by atoms with E-state index in [1.807, 2.05) is 30.9 Å². The number of nitrogens with one attached hydrogen (secondary N) is 1. The van der Waals surface area contributed by atoms with Crippen molar-refractivity contribution in [1.29, 1.82) is 0 Å². The Morgan fingerprint density at radius 1 is 1.11 bits per heavy atom. The van der Waals surface area contributed by atoms with Crippen LogP contribution in [0.3, 0.4) is 0 Å². The van der Waals surface area contributed by atoms with Gasteiger partial charge in [-0.15, -0.1) is 0 Å². The highest BCUT2D eigenvalue weighted by atomic mass is 16.5. The lowest BCUT2D eigenvalue weighted by molar-refractivity contribution is -0.134. The van der Waals surface area contributed by atoms with Crippen LogP contribution in [-0.4, -0.2) is 34.8 Å². The van der Waals surface area contributed by atoms with Gasteiger partial charge in [-0.05, 0) is 54.0 Å². The van der Waals surface area contributed by atoms with Gasteiger partial charge in [0.05, 0.1) is 6.04 Å². The molecule has 1 aliphatic heterocycles. The Labute approximate surface area is 219 Å². The molecule has 0 radical (unpaired) electrons. The number of carbonyl (C=O) groups excluding carboxylic acids is 2. The third-order valence-electron chi connectivity index (χ3n) is 6.46. The molecule has 37 heavy (non-hydrogen) atoms. The van der Waals surface area contributed by atoms with Crippen LogP contribution in [0.1, 0.15) is 78.8 Å². The van der Waals surface area contributed by atoms with Gasteiger partial charge in [-0.1, -0.05) is 63.6 Å². The number of nitrogens with zero attached hydrogens (tertiary/aromatic N) is 2. The molecule has 0 bridgehead atoms. The summed E-state index contributed by atoms with van der Waals surface area (Å²) in [5.74, 6) is 1.54. The second kappa shape index (κ2) is 11.6. The van der Waals surface area contributed by atoms with E-state index in [1.165, 1.54) is 17.4 Å². The van der Waals surface area contributed by atoms with E-state index in [9.17, 15) is 9.59 Å². The number of amides is 2. The van der Waals surface area contributed by atoms with Crippen molar-refractivity contribution in [2.24, 2.45) is 11.8 Å². The summed E-state index contributed by atoms with van der Waals surface area (Å²) in [4.78, 5) is 31.8. The first kappa shape index (κ1) is 26.5. The third kappa shape index (κ3) is 6.59. The number of benzene rings is 2. The maximum Gasteiger partial charge on any atom is 0.273 e. The van der Waals surface area contributed by atoms with E-state index in [0.29, 0.717) is 43.0 Å². The molecule has 1 aliphatic rings. The van der Waals surface area contributed by atoms with Gasteiger partial charge in [0.15, 0.2) is 12.3 Å². The number of fused-ring (bicyclic) bond motifs is 1. The van der Waals surface area contributed by atoms with Crippen molar-refractivity contribution in [3.63, 3.8) is 0 Å². The summed E-state index contributed by atoms with van der Waals surface area (Å²) in [6.45, 7) is 11.6. The summed E-state index contributed by atoms with van der Waals surface area (Å²) >= 11 is 0. The van der Waals surface area contributed by atoms with E-state index in [4.69, 9.17) is 9.15 Å². The molecule has 0 saturated heterocycles. The molecule has 0 unspecified atom stereocenters. The van der Waals surface area contributed by atoms with Crippen LogP contribution in [0.25, 0.3) is 0 Å². The number of rotatable bonds is 9. The Morgan fingerprint density at radius 2 is 1.86 bits per heavy atom. The summed E-state index contributed by atoms with van der Waals surface area (Å²) < 4.78 is 11.5. The first-order valence-electron chi connectivity index (χ1n) is 13.1. The summed E-state index contributed by atoms with van der Waals surface area (Å²) in [7, 11) is 0. The largest absolute Gasteiger partial charge is 0.484 e. The molecular weight excluding hydrogens is 466 g/mol. The van der Waals surface area contributed by atoms with E-state index in [-0.39, 0.29) is 30.2 Å². The number of ether oxygens (including phenoxy) is 1. The van der Waals surface area contributed by atoms with Gasteiger partial charge in [0.2, 0.25) is 11.8 Å². The van der Waals surface area contributed by atoms with Gasteiger partial charge in [0.25, 0.3) is 5.91 Å². The van der Waals surface area contributed by atoms with E-state index < -0.39 is 0 Å². The maximum absolute atomic E-state index is 13.2. The van der Waals surface area contributed by atoms with E-state index in [2.05, 4.69) is 61.4 Å². The molecule has 2 amide bonds. The molecule has 7 nitrogen and oxygen atoms in total. The van der Waals surface area contributed by atoms with Crippen LogP contribution in [0, 0.1) is 18.8 Å². The smallest absolute Gasteiger partial charge is 0.273 e. The van der Waals surface area contributed by atoms with Gasteiger partial charge < -0.3 is 19.4 Å². The molecule has 0 saturated carbocycles. The van der Waals surface area contributed by atoms with Crippen LogP contribution >= 0.6 is 0 Å². The molecule has 0 aliphatic carbocycles. The zero-order chi connectivity index (χ0) is 26.5. The van der Waals surface area contributed by atoms with Gasteiger partial charge in [-0.2, -0.15) is 0 Å². The van der Waals surface area contributed by atoms with E-state index in [0.717, 1.165) is 17.5 Å². The van der Waals surface area contributed by atoms with Crippen LogP contribution in [0.15, 0.2) is 53.1 Å². The zero-order valence-electron chi connectivity index (χ0n) is 22.4. The van der Waals surface area contributed by atoms with Crippen molar-refractivity contribution >= 4 is 11.8 Å². The predicted molar refractivity (Wildman–Crippen MR) is 142 cm³/mol. The number of hydrogen-bond donors (Lipinski definition) is 1. The van der Waals surface area contributed by atoms with Gasteiger partial charge in [0.1, 0.15) is 12.0 Å². The van der Waals surface area contributed by atoms with Crippen molar-refractivity contribution in [2.75, 3.05) is 13.1 Å². The summed E-state index contributed by atoms with van der Waals surface area (Å²) in [5, 5.41) is 2.83. The fraction of sp³-hybridized carbons (Fsp3) is 0.433.